The van der Waals surface area contributed by atoms with E-state index in [4.69, 9.17) is 22.1 Å². The summed E-state index contributed by atoms with van der Waals surface area (Å²) in [5.41, 5.74) is 8.32. The molecule has 0 atom stereocenters. The quantitative estimate of drug-likeness (QED) is 0.732. The maximum absolute atomic E-state index is 11.4. The predicted molar refractivity (Wildman–Crippen MR) is 100 cm³/mol. The van der Waals surface area contributed by atoms with Crippen LogP contribution in [-0.4, -0.2) is 17.7 Å². The van der Waals surface area contributed by atoms with Crippen molar-refractivity contribution in [2.24, 2.45) is 0 Å². The number of nitrogens with zero attached hydrogens (tertiary/aromatic N) is 1. The summed E-state index contributed by atoms with van der Waals surface area (Å²) in [4.78, 5) is 15.6. The van der Waals surface area contributed by atoms with Gasteiger partial charge < -0.3 is 15.8 Å². The minimum Gasteiger partial charge on any atom is -0.450 e. The molecule has 4 N–H and O–H groups in total. The summed E-state index contributed by atoms with van der Waals surface area (Å²) < 4.78 is 4.80. The number of pyridine rings is 1. The normalized spacial score (nSPS) is 9.79. The van der Waals surface area contributed by atoms with Gasteiger partial charge >= 0.3 is 6.09 Å². The number of nitrogen functional groups attached to an aromatic ring is 1. The van der Waals surface area contributed by atoms with Crippen molar-refractivity contribution in [3.8, 4) is 0 Å². The van der Waals surface area contributed by atoms with Gasteiger partial charge in [0.1, 0.15) is 11.6 Å². The molecule has 24 heavy (non-hydrogen) atoms. The summed E-state index contributed by atoms with van der Waals surface area (Å²) in [7, 11) is 0. The van der Waals surface area contributed by atoms with E-state index in [1.807, 2.05) is 25.1 Å². The average molecular weight is 371 g/mol. The lowest BCUT2D eigenvalue weighted by atomic mass is 10.1. The van der Waals surface area contributed by atoms with Crippen LogP contribution in [0, 0.1) is 6.92 Å². The lowest BCUT2D eigenvalue weighted by Crippen LogP contribution is -2.15. The highest BCUT2D eigenvalue weighted by Crippen LogP contribution is 2.20. The molecule has 0 saturated carbocycles. The topological polar surface area (TPSA) is 89.3 Å². The Morgan fingerprint density at radius 1 is 1.33 bits per heavy atom. The lowest BCUT2D eigenvalue weighted by molar-refractivity contribution is 0.168. The van der Waals surface area contributed by atoms with Crippen LogP contribution in [-0.2, 0) is 11.3 Å². The first-order chi connectivity index (χ1) is 11.0. The third-order valence-electron chi connectivity index (χ3n) is 3.15. The van der Waals surface area contributed by atoms with Crippen LogP contribution >= 0.6 is 24.0 Å². The Labute approximate surface area is 152 Å². The van der Waals surface area contributed by atoms with Crippen LogP contribution in [0.1, 0.15) is 18.1 Å². The third-order valence-corrected chi connectivity index (χ3v) is 3.55. The molecule has 6 nitrogen and oxygen atoms in total. The van der Waals surface area contributed by atoms with Gasteiger partial charge in [-0.2, -0.15) is 0 Å². The van der Waals surface area contributed by atoms with Gasteiger partial charge in [-0.3, -0.25) is 5.32 Å². The van der Waals surface area contributed by atoms with Crippen LogP contribution in [0.3, 0.4) is 0 Å². The van der Waals surface area contributed by atoms with Gasteiger partial charge in [0.2, 0.25) is 0 Å². The van der Waals surface area contributed by atoms with Gasteiger partial charge in [0, 0.05) is 11.6 Å². The number of ether oxygens (including phenoxy) is 1. The van der Waals surface area contributed by atoms with E-state index in [2.05, 4.69) is 15.6 Å². The molecule has 1 amide bonds. The molecular weight excluding hydrogens is 351 g/mol. The average Bonchev–Trinajstić information content (AvgIpc) is 2.51. The van der Waals surface area contributed by atoms with Crippen LogP contribution < -0.4 is 16.4 Å². The van der Waals surface area contributed by atoms with Crippen molar-refractivity contribution in [1.29, 1.82) is 0 Å². The van der Waals surface area contributed by atoms with Gasteiger partial charge in [-0.25, -0.2) is 9.78 Å². The zero-order valence-electron chi connectivity index (χ0n) is 13.4. The first-order valence-corrected chi connectivity index (χ1v) is 7.56. The van der Waals surface area contributed by atoms with Crippen molar-refractivity contribution in [3.63, 3.8) is 0 Å². The Bertz CT molecular complexity index is 710. The molecule has 0 bridgehead atoms. The minimum absolute atomic E-state index is 0. The van der Waals surface area contributed by atoms with E-state index in [0.29, 0.717) is 18.1 Å². The lowest BCUT2D eigenvalue weighted by Gasteiger charge is -2.11. The molecular formula is C16H20Cl2N4O2. The first-order valence-electron chi connectivity index (χ1n) is 7.18. The summed E-state index contributed by atoms with van der Waals surface area (Å²) in [5.74, 6) is 0.818. The van der Waals surface area contributed by atoms with Crippen molar-refractivity contribution in [2.75, 3.05) is 23.0 Å². The maximum Gasteiger partial charge on any atom is 0.411 e. The number of carbonyl (C=O) groups excluding carboxylic acids is 1. The highest BCUT2D eigenvalue weighted by molar-refractivity contribution is 6.31. The van der Waals surface area contributed by atoms with Gasteiger partial charge in [0.25, 0.3) is 0 Å². The number of amides is 1. The smallest absolute Gasteiger partial charge is 0.411 e. The Hall–Kier alpha value is -2.18. The molecule has 0 spiro atoms. The van der Waals surface area contributed by atoms with E-state index in [1.165, 1.54) is 0 Å². The molecule has 0 radical (unpaired) electrons. The fourth-order valence-electron chi connectivity index (χ4n) is 1.90. The molecule has 0 fully saturated rings. The van der Waals surface area contributed by atoms with E-state index in [-0.39, 0.29) is 24.8 Å². The van der Waals surface area contributed by atoms with E-state index < -0.39 is 6.09 Å². The van der Waals surface area contributed by atoms with Crippen LogP contribution in [0.2, 0.25) is 5.02 Å². The molecule has 2 aromatic rings. The minimum atomic E-state index is -0.559. The molecule has 0 saturated heterocycles. The highest BCUT2D eigenvalue weighted by atomic mass is 35.5. The Morgan fingerprint density at radius 3 is 2.71 bits per heavy atom. The number of rotatable bonds is 5. The number of benzene rings is 1. The fraction of sp³-hybridized carbons (Fsp3) is 0.250. The second-order valence-corrected chi connectivity index (χ2v) is 5.32. The summed E-state index contributed by atoms with van der Waals surface area (Å²) in [5, 5.41) is 6.42. The largest absolute Gasteiger partial charge is 0.450 e. The molecule has 1 aromatic carbocycles. The van der Waals surface area contributed by atoms with Crippen LogP contribution in [0.4, 0.5) is 22.1 Å². The Morgan fingerprint density at radius 2 is 2.08 bits per heavy atom. The van der Waals surface area contributed by atoms with Crippen molar-refractivity contribution in [2.45, 2.75) is 20.4 Å². The number of aryl methyl sites for hydroxylation is 1. The standard InChI is InChI=1S/C16H19ClN4O2.ClH/c1-3-23-16(22)20-13-6-7-14(21-15(13)18)19-9-11-5-4-10(2)12(17)8-11;/h4-8H,3,9H2,1-2H3,(H,20,22)(H3,18,19,21);1H. The zero-order valence-corrected chi connectivity index (χ0v) is 15.0. The van der Waals surface area contributed by atoms with E-state index >= 15 is 0 Å². The summed E-state index contributed by atoms with van der Waals surface area (Å²) in [6.45, 7) is 4.54. The van der Waals surface area contributed by atoms with Crippen molar-refractivity contribution in [3.05, 3.63) is 46.5 Å². The SMILES string of the molecule is CCOC(=O)Nc1ccc(NCc2ccc(C)c(Cl)c2)nc1N.Cl. The van der Waals surface area contributed by atoms with Gasteiger partial charge in [-0.05, 0) is 43.2 Å². The van der Waals surface area contributed by atoms with E-state index in [0.717, 1.165) is 16.1 Å². The van der Waals surface area contributed by atoms with Gasteiger partial charge in [-0.1, -0.05) is 23.7 Å². The second kappa shape index (κ2) is 9.20. The van der Waals surface area contributed by atoms with Gasteiger partial charge in [0.05, 0.1) is 12.3 Å². The van der Waals surface area contributed by atoms with Crippen molar-refractivity contribution < 1.29 is 9.53 Å². The van der Waals surface area contributed by atoms with Crippen molar-refractivity contribution in [1.82, 2.24) is 4.98 Å². The molecule has 1 aromatic heterocycles. The number of nitrogens with two attached hydrogens (primary N) is 1. The molecule has 0 aliphatic heterocycles. The molecule has 130 valence electrons. The molecule has 0 aliphatic rings. The highest BCUT2D eigenvalue weighted by Gasteiger charge is 2.07. The first kappa shape index (κ1) is 19.9. The van der Waals surface area contributed by atoms with Crippen LogP contribution in [0.25, 0.3) is 0 Å². The number of aromatic nitrogens is 1. The number of halogens is 2. The van der Waals surface area contributed by atoms with Crippen molar-refractivity contribution >= 4 is 47.4 Å². The Balaban J connectivity index is 0.00000288. The predicted octanol–water partition coefficient (Wildman–Crippen LogP) is 4.23. The van der Waals surface area contributed by atoms with Gasteiger partial charge in [0.15, 0.2) is 0 Å². The monoisotopic (exact) mass is 370 g/mol. The van der Waals surface area contributed by atoms with Crippen LogP contribution in [0.15, 0.2) is 30.3 Å². The summed E-state index contributed by atoms with van der Waals surface area (Å²) in [6.07, 6.45) is -0.559. The molecule has 8 heteroatoms. The maximum atomic E-state index is 11.4. The number of nitrogens with one attached hydrogen (secondary N) is 2. The fourth-order valence-corrected chi connectivity index (χ4v) is 2.10. The Kier molecular flexibility index (Phi) is 7.61. The number of carbonyl (C=O) groups is 1. The second-order valence-electron chi connectivity index (χ2n) is 4.91. The van der Waals surface area contributed by atoms with Gasteiger partial charge in [-0.15, -0.1) is 12.4 Å². The molecule has 0 aliphatic carbocycles. The summed E-state index contributed by atoms with van der Waals surface area (Å²) in [6, 6.07) is 9.27. The summed E-state index contributed by atoms with van der Waals surface area (Å²) >= 11 is 6.10. The van der Waals surface area contributed by atoms with Crippen LogP contribution in [0.5, 0.6) is 0 Å². The molecule has 2 rings (SSSR count). The number of anilines is 3. The number of hydrogen-bond acceptors (Lipinski definition) is 5. The molecule has 1 heterocycles. The number of hydrogen-bond donors (Lipinski definition) is 3. The zero-order chi connectivity index (χ0) is 16.8. The van der Waals surface area contributed by atoms with E-state index in [9.17, 15) is 4.79 Å². The molecule has 0 unspecified atom stereocenters. The van der Waals surface area contributed by atoms with E-state index in [1.54, 1.807) is 19.1 Å². The third kappa shape index (κ3) is 5.47.